The fourth-order valence-corrected chi connectivity index (χ4v) is 3.07. The SMILES string of the molecule is O=C(NCC1CCN(c2ccc(Cl)cc2)C1)C1CCC1. The normalized spacial score (nSPS) is 22.6. The number of amides is 1. The molecule has 1 saturated carbocycles. The number of carbonyl (C=O) groups is 1. The molecule has 0 radical (unpaired) electrons. The number of rotatable bonds is 4. The van der Waals surface area contributed by atoms with Gasteiger partial charge in [-0.3, -0.25) is 4.79 Å². The van der Waals surface area contributed by atoms with Crippen molar-refractivity contribution in [3.8, 4) is 0 Å². The van der Waals surface area contributed by atoms with E-state index in [4.69, 9.17) is 11.6 Å². The molecule has 1 amide bonds. The second kappa shape index (κ2) is 6.04. The van der Waals surface area contributed by atoms with Crippen LogP contribution in [0.1, 0.15) is 25.7 Å². The molecule has 1 saturated heterocycles. The summed E-state index contributed by atoms with van der Waals surface area (Å²) in [6, 6.07) is 8.00. The number of nitrogens with zero attached hydrogens (tertiary/aromatic N) is 1. The van der Waals surface area contributed by atoms with Crippen LogP contribution in [0.15, 0.2) is 24.3 Å². The predicted octanol–water partition coefficient (Wildman–Crippen LogP) is 3.08. The first-order valence-corrected chi connectivity index (χ1v) is 7.88. The minimum atomic E-state index is 0.265. The largest absolute Gasteiger partial charge is 0.371 e. The van der Waals surface area contributed by atoms with E-state index in [-0.39, 0.29) is 5.91 Å². The van der Waals surface area contributed by atoms with Crippen LogP contribution in [0.4, 0.5) is 5.69 Å². The Morgan fingerprint density at radius 1 is 1.25 bits per heavy atom. The Hall–Kier alpha value is -1.22. The highest BCUT2D eigenvalue weighted by atomic mass is 35.5. The smallest absolute Gasteiger partial charge is 0.223 e. The van der Waals surface area contributed by atoms with Gasteiger partial charge in [-0.25, -0.2) is 0 Å². The first-order valence-electron chi connectivity index (χ1n) is 7.50. The average molecular weight is 293 g/mol. The zero-order valence-electron chi connectivity index (χ0n) is 11.6. The topological polar surface area (TPSA) is 32.3 Å². The van der Waals surface area contributed by atoms with E-state index < -0.39 is 0 Å². The third-order valence-corrected chi connectivity index (χ3v) is 4.77. The van der Waals surface area contributed by atoms with Crippen LogP contribution in [-0.4, -0.2) is 25.5 Å². The van der Waals surface area contributed by atoms with Crippen molar-refractivity contribution in [1.29, 1.82) is 0 Å². The van der Waals surface area contributed by atoms with Gasteiger partial charge in [-0.2, -0.15) is 0 Å². The standard InChI is InChI=1S/C16H21ClN2O/c17-14-4-6-15(7-5-14)19-9-8-12(11-19)10-18-16(20)13-2-1-3-13/h4-7,12-13H,1-3,8-11H2,(H,18,20). The lowest BCUT2D eigenvalue weighted by molar-refractivity contribution is -0.127. The maximum absolute atomic E-state index is 11.8. The van der Waals surface area contributed by atoms with Crippen LogP contribution >= 0.6 is 11.6 Å². The lowest BCUT2D eigenvalue weighted by Crippen LogP contribution is -2.37. The van der Waals surface area contributed by atoms with Crippen LogP contribution in [0.5, 0.6) is 0 Å². The molecule has 3 nitrogen and oxygen atoms in total. The molecule has 1 aliphatic carbocycles. The van der Waals surface area contributed by atoms with Crippen molar-refractivity contribution in [2.45, 2.75) is 25.7 Å². The zero-order chi connectivity index (χ0) is 13.9. The molecule has 0 spiro atoms. The van der Waals surface area contributed by atoms with Crippen molar-refractivity contribution in [2.75, 3.05) is 24.5 Å². The molecule has 1 aromatic carbocycles. The Morgan fingerprint density at radius 2 is 2.00 bits per heavy atom. The molecule has 0 aromatic heterocycles. The van der Waals surface area contributed by atoms with E-state index in [0.717, 1.165) is 43.9 Å². The molecule has 3 rings (SSSR count). The van der Waals surface area contributed by atoms with Gasteiger partial charge in [0.1, 0.15) is 0 Å². The number of anilines is 1. The second-order valence-corrected chi connectivity index (χ2v) is 6.39. The molecule has 0 bridgehead atoms. The van der Waals surface area contributed by atoms with Gasteiger partial charge in [-0.05, 0) is 49.4 Å². The van der Waals surface area contributed by atoms with Gasteiger partial charge in [0.05, 0.1) is 0 Å². The first kappa shape index (κ1) is 13.7. The van der Waals surface area contributed by atoms with Gasteiger partial charge in [0.25, 0.3) is 0 Å². The fourth-order valence-electron chi connectivity index (χ4n) is 2.95. The van der Waals surface area contributed by atoms with E-state index in [1.54, 1.807) is 0 Å². The summed E-state index contributed by atoms with van der Waals surface area (Å²) >= 11 is 5.91. The van der Waals surface area contributed by atoms with Gasteiger partial charge in [0.2, 0.25) is 5.91 Å². The minimum Gasteiger partial charge on any atom is -0.371 e. The van der Waals surface area contributed by atoms with Crippen LogP contribution in [0.3, 0.4) is 0 Å². The quantitative estimate of drug-likeness (QED) is 0.925. The van der Waals surface area contributed by atoms with Gasteiger partial charge in [-0.15, -0.1) is 0 Å². The molecule has 20 heavy (non-hydrogen) atoms. The molecule has 1 atom stereocenters. The monoisotopic (exact) mass is 292 g/mol. The van der Waals surface area contributed by atoms with Crippen molar-refractivity contribution in [3.63, 3.8) is 0 Å². The number of hydrogen-bond donors (Lipinski definition) is 1. The van der Waals surface area contributed by atoms with Crippen molar-refractivity contribution in [1.82, 2.24) is 5.32 Å². The molecule has 1 heterocycles. The highest BCUT2D eigenvalue weighted by Crippen LogP contribution is 2.27. The summed E-state index contributed by atoms with van der Waals surface area (Å²) in [5.41, 5.74) is 1.22. The molecule has 1 N–H and O–H groups in total. The molecule has 108 valence electrons. The van der Waals surface area contributed by atoms with E-state index in [2.05, 4.69) is 22.3 Å². The summed E-state index contributed by atoms with van der Waals surface area (Å²) in [6.45, 7) is 2.90. The zero-order valence-corrected chi connectivity index (χ0v) is 12.4. The Labute approximate surface area is 125 Å². The summed E-state index contributed by atoms with van der Waals surface area (Å²) < 4.78 is 0. The maximum atomic E-state index is 11.8. The van der Waals surface area contributed by atoms with E-state index >= 15 is 0 Å². The number of carbonyl (C=O) groups excluding carboxylic acids is 1. The Kier molecular flexibility index (Phi) is 4.16. The van der Waals surface area contributed by atoms with Crippen LogP contribution in [-0.2, 0) is 4.79 Å². The van der Waals surface area contributed by atoms with Gasteiger partial charge >= 0.3 is 0 Å². The van der Waals surface area contributed by atoms with Crippen LogP contribution < -0.4 is 10.2 Å². The molecule has 1 aliphatic heterocycles. The number of nitrogens with one attached hydrogen (secondary N) is 1. The maximum Gasteiger partial charge on any atom is 0.223 e. The van der Waals surface area contributed by atoms with E-state index in [1.165, 1.54) is 12.1 Å². The molecular formula is C16H21ClN2O. The lowest BCUT2D eigenvalue weighted by Gasteiger charge is -2.25. The van der Waals surface area contributed by atoms with Crippen molar-refractivity contribution < 1.29 is 4.79 Å². The molecule has 2 aliphatic rings. The highest BCUT2D eigenvalue weighted by molar-refractivity contribution is 6.30. The molecule has 2 fully saturated rings. The lowest BCUT2D eigenvalue weighted by atomic mass is 9.85. The van der Waals surface area contributed by atoms with Crippen molar-refractivity contribution in [3.05, 3.63) is 29.3 Å². The van der Waals surface area contributed by atoms with Gasteiger partial charge in [-0.1, -0.05) is 18.0 Å². The average Bonchev–Trinajstić information content (AvgIpc) is 2.84. The van der Waals surface area contributed by atoms with E-state index in [0.29, 0.717) is 11.8 Å². The summed E-state index contributed by atoms with van der Waals surface area (Å²) in [4.78, 5) is 14.2. The second-order valence-electron chi connectivity index (χ2n) is 5.95. The van der Waals surface area contributed by atoms with Crippen molar-refractivity contribution >= 4 is 23.2 Å². The number of halogens is 1. The van der Waals surface area contributed by atoms with Gasteiger partial charge < -0.3 is 10.2 Å². The number of benzene rings is 1. The highest BCUT2D eigenvalue weighted by Gasteiger charge is 2.27. The van der Waals surface area contributed by atoms with Gasteiger partial charge in [0.15, 0.2) is 0 Å². The minimum absolute atomic E-state index is 0.265. The van der Waals surface area contributed by atoms with Gasteiger partial charge in [0, 0.05) is 36.3 Å². The van der Waals surface area contributed by atoms with E-state index in [1.807, 2.05) is 12.1 Å². The van der Waals surface area contributed by atoms with Crippen LogP contribution in [0.2, 0.25) is 5.02 Å². The predicted molar refractivity (Wildman–Crippen MR) is 82.1 cm³/mol. The van der Waals surface area contributed by atoms with Crippen LogP contribution in [0, 0.1) is 11.8 Å². The number of hydrogen-bond acceptors (Lipinski definition) is 2. The summed E-state index contributed by atoms with van der Waals surface area (Å²) in [5.74, 6) is 1.12. The Balaban J connectivity index is 1.46. The third kappa shape index (κ3) is 3.09. The van der Waals surface area contributed by atoms with E-state index in [9.17, 15) is 4.79 Å². The first-order chi connectivity index (χ1) is 9.72. The molecule has 4 heteroatoms. The summed E-state index contributed by atoms with van der Waals surface area (Å²) in [5, 5.41) is 3.90. The molecule has 1 unspecified atom stereocenters. The fraction of sp³-hybridized carbons (Fsp3) is 0.562. The summed E-state index contributed by atoms with van der Waals surface area (Å²) in [7, 11) is 0. The van der Waals surface area contributed by atoms with Crippen LogP contribution in [0.25, 0.3) is 0 Å². The third-order valence-electron chi connectivity index (χ3n) is 4.52. The molecule has 1 aromatic rings. The molecular weight excluding hydrogens is 272 g/mol. The summed E-state index contributed by atoms with van der Waals surface area (Å²) in [6.07, 6.45) is 4.51. The Morgan fingerprint density at radius 3 is 2.65 bits per heavy atom. The Bertz CT molecular complexity index is 470. The van der Waals surface area contributed by atoms with Crippen molar-refractivity contribution in [2.24, 2.45) is 11.8 Å².